The Bertz CT molecular complexity index is 868. The first-order valence-electron chi connectivity index (χ1n) is 9.79. The van der Waals surface area contributed by atoms with E-state index in [9.17, 15) is 14.7 Å². The van der Waals surface area contributed by atoms with Gasteiger partial charge in [-0.1, -0.05) is 38.1 Å². The van der Waals surface area contributed by atoms with Crippen LogP contribution < -0.4 is 11.1 Å². The maximum absolute atomic E-state index is 12.7. The van der Waals surface area contributed by atoms with Crippen LogP contribution in [0.1, 0.15) is 31.5 Å². The second-order valence-electron chi connectivity index (χ2n) is 7.85. The molecule has 8 nitrogen and oxygen atoms in total. The number of benzene rings is 1. The Labute approximate surface area is 182 Å². The summed E-state index contributed by atoms with van der Waals surface area (Å²) in [6.07, 6.45) is 0.901. The van der Waals surface area contributed by atoms with E-state index in [-0.39, 0.29) is 43.1 Å². The first-order valence-corrected chi connectivity index (χ1v) is 9.79. The van der Waals surface area contributed by atoms with Crippen molar-refractivity contribution >= 4 is 24.2 Å². The highest BCUT2D eigenvalue weighted by atomic mass is 35.5. The van der Waals surface area contributed by atoms with E-state index >= 15 is 0 Å². The van der Waals surface area contributed by atoms with Gasteiger partial charge in [0.25, 0.3) is 0 Å². The molecule has 30 heavy (non-hydrogen) atoms. The average Bonchev–Trinajstić information content (AvgIpc) is 3.30. The van der Waals surface area contributed by atoms with Gasteiger partial charge in [0, 0.05) is 25.1 Å². The smallest absolute Gasteiger partial charge is 0.243 e. The number of carbonyl (C=O) groups excluding carboxylic acids is 2. The summed E-state index contributed by atoms with van der Waals surface area (Å²) in [7, 11) is 0. The molecular weight excluding hydrogens is 408 g/mol. The minimum atomic E-state index is -0.724. The third kappa shape index (κ3) is 5.19. The number of likely N-dealkylation sites (tertiary alicyclic amines) is 1. The molecule has 164 valence electrons. The summed E-state index contributed by atoms with van der Waals surface area (Å²) in [5, 5.41) is 12.8. The Kier molecular flexibility index (Phi) is 8.00. The van der Waals surface area contributed by atoms with Crippen molar-refractivity contribution in [2.24, 2.45) is 11.7 Å². The van der Waals surface area contributed by atoms with Crippen molar-refractivity contribution in [1.29, 1.82) is 0 Å². The van der Waals surface area contributed by atoms with E-state index in [1.54, 1.807) is 0 Å². The van der Waals surface area contributed by atoms with Crippen LogP contribution in [0, 0.1) is 12.8 Å². The Balaban J connectivity index is 0.00000320. The van der Waals surface area contributed by atoms with Crippen molar-refractivity contribution in [3.05, 3.63) is 41.9 Å². The summed E-state index contributed by atoms with van der Waals surface area (Å²) in [6, 6.07) is 6.22. The monoisotopic (exact) mass is 436 g/mol. The maximum atomic E-state index is 12.7. The lowest BCUT2D eigenvalue weighted by molar-refractivity contribution is -0.140. The fourth-order valence-electron chi connectivity index (χ4n) is 3.44. The van der Waals surface area contributed by atoms with Crippen molar-refractivity contribution in [2.45, 2.75) is 51.9 Å². The summed E-state index contributed by atoms with van der Waals surface area (Å²) < 4.78 is 5.38. The minimum absolute atomic E-state index is 0. The van der Waals surface area contributed by atoms with Gasteiger partial charge >= 0.3 is 0 Å². The molecule has 9 heteroatoms. The summed E-state index contributed by atoms with van der Waals surface area (Å²) in [4.78, 5) is 30.8. The van der Waals surface area contributed by atoms with Gasteiger partial charge in [0.15, 0.2) is 12.2 Å². The number of nitrogens with zero attached hydrogens (tertiary/aromatic N) is 2. The van der Waals surface area contributed by atoms with Crippen LogP contribution >= 0.6 is 12.4 Å². The molecule has 3 atom stereocenters. The Morgan fingerprint density at radius 2 is 2.00 bits per heavy atom. The zero-order valence-electron chi connectivity index (χ0n) is 17.4. The number of oxazole rings is 1. The molecule has 3 rings (SSSR count). The number of β-amino-alcohol motifs (C(OH)–C–C–N with tert-alkyl or cyclic N) is 1. The van der Waals surface area contributed by atoms with Crippen LogP contribution in [0.25, 0.3) is 11.3 Å². The molecule has 0 spiro atoms. The van der Waals surface area contributed by atoms with E-state index in [0.29, 0.717) is 6.54 Å². The second-order valence-corrected chi connectivity index (χ2v) is 7.85. The molecule has 0 unspecified atom stereocenters. The maximum Gasteiger partial charge on any atom is 0.243 e. The molecule has 1 saturated heterocycles. The van der Waals surface area contributed by atoms with Crippen LogP contribution in [0.2, 0.25) is 0 Å². The Morgan fingerprint density at radius 3 is 2.57 bits per heavy atom. The van der Waals surface area contributed by atoms with Gasteiger partial charge in [-0.3, -0.25) is 9.59 Å². The second kappa shape index (κ2) is 10.1. The average molecular weight is 437 g/mol. The lowest BCUT2D eigenvalue weighted by atomic mass is 10.0. The van der Waals surface area contributed by atoms with E-state index in [4.69, 9.17) is 10.2 Å². The molecule has 2 aromatic rings. The van der Waals surface area contributed by atoms with Crippen LogP contribution in [0.5, 0.6) is 0 Å². The SMILES string of the molecule is Cc1ncoc1-c1ccc(CNC(=O)[C@@H]2C[C@@H](O)CN2C(=O)[C@@H](N)C(C)C)cc1.Cl. The van der Waals surface area contributed by atoms with Crippen LogP contribution in [0.4, 0.5) is 0 Å². The van der Waals surface area contributed by atoms with Gasteiger partial charge in [0.05, 0.1) is 17.8 Å². The third-order valence-electron chi connectivity index (χ3n) is 5.30. The molecule has 1 aliphatic heterocycles. The zero-order valence-corrected chi connectivity index (χ0v) is 18.2. The number of nitrogens with one attached hydrogen (secondary N) is 1. The number of halogens is 1. The summed E-state index contributed by atoms with van der Waals surface area (Å²) in [6.45, 7) is 6.03. The fraction of sp³-hybridized carbons (Fsp3) is 0.476. The molecule has 2 heterocycles. The van der Waals surface area contributed by atoms with E-state index in [2.05, 4.69) is 10.3 Å². The van der Waals surface area contributed by atoms with Gasteiger partial charge in [0.2, 0.25) is 11.8 Å². The third-order valence-corrected chi connectivity index (χ3v) is 5.30. The van der Waals surface area contributed by atoms with Crippen LogP contribution in [-0.4, -0.2) is 51.5 Å². The van der Waals surface area contributed by atoms with Gasteiger partial charge < -0.3 is 25.5 Å². The molecule has 0 bridgehead atoms. The number of aryl methyl sites for hydroxylation is 1. The number of rotatable bonds is 6. The van der Waals surface area contributed by atoms with Crippen molar-refractivity contribution < 1.29 is 19.1 Å². The number of carbonyl (C=O) groups is 2. The standard InChI is InChI=1S/C21H28N4O4.ClH/c1-12(2)18(22)21(28)25-10-16(26)8-17(25)20(27)23-9-14-4-6-15(7-5-14)19-13(3)24-11-29-19;/h4-7,11-12,16-18,26H,8-10,22H2,1-3H3,(H,23,27);1H/t16-,17+,18+;/m1./s1. The molecule has 2 amide bonds. The van der Waals surface area contributed by atoms with Gasteiger partial charge in [-0.25, -0.2) is 4.98 Å². The van der Waals surface area contributed by atoms with Crippen LogP contribution in [0.15, 0.2) is 35.1 Å². The molecule has 1 aliphatic rings. The van der Waals surface area contributed by atoms with Gasteiger partial charge in [-0.05, 0) is 18.4 Å². The zero-order chi connectivity index (χ0) is 21.1. The highest BCUT2D eigenvalue weighted by Crippen LogP contribution is 2.23. The lowest BCUT2D eigenvalue weighted by Crippen LogP contribution is -2.52. The van der Waals surface area contributed by atoms with Crippen molar-refractivity contribution in [3.8, 4) is 11.3 Å². The molecule has 0 saturated carbocycles. The van der Waals surface area contributed by atoms with Gasteiger partial charge in [-0.15, -0.1) is 12.4 Å². The predicted octanol–water partition coefficient (Wildman–Crippen LogP) is 1.63. The number of hydrogen-bond donors (Lipinski definition) is 3. The molecule has 0 aliphatic carbocycles. The Morgan fingerprint density at radius 1 is 1.33 bits per heavy atom. The fourth-order valence-corrected chi connectivity index (χ4v) is 3.44. The van der Waals surface area contributed by atoms with Crippen LogP contribution in [0.3, 0.4) is 0 Å². The van der Waals surface area contributed by atoms with Crippen molar-refractivity contribution in [2.75, 3.05) is 6.54 Å². The number of aliphatic hydroxyl groups is 1. The molecular formula is C21H29ClN4O4. The number of aromatic nitrogens is 1. The van der Waals surface area contributed by atoms with Crippen LogP contribution in [-0.2, 0) is 16.1 Å². The molecule has 4 N–H and O–H groups in total. The topological polar surface area (TPSA) is 122 Å². The van der Waals surface area contributed by atoms with E-state index in [1.807, 2.05) is 45.0 Å². The number of aliphatic hydroxyl groups excluding tert-OH is 1. The van der Waals surface area contributed by atoms with Crippen molar-refractivity contribution in [3.63, 3.8) is 0 Å². The Hall–Kier alpha value is -2.42. The molecule has 1 aromatic heterocycles. The normalized spacial score (nSPS) is 19.5. The first-order chi connectivity index (χ1) is 13.8. The molecule has 1 aromatic carbocycles. The summed E-state index contributed by atoms with van der Waals surface area (Å²) >= 11 is 0. The number of hydrogen-bond acceptors (Lipinski definition) is 6. The largest absolute Gasteiger partial charge is 0.443 e. The summed E-state index contributed by atoms with van der Waals surface area (Å²) in [5.41, 5.74) is 8.60. The predicted molar refractivity (Wildman–Crippen MR) is 115 cm³/mol. The van der Waals surface area contributed by atoms with Gasteiger partial charge in [-0.2, -0.15) is 0 Å². The first kappa shape index (κ1) is 23.9. The summed E-state index contributed by atoms with van der Waals surface area (Å²) in [5.74, 6) is 0.0798. The molecule has 1 fully saturated rings. The number of nitrogens with two attached hydrogens (primary N) is 1. The quantitative estimate of drug-likeness (QED) is 0.632. The van der Waals surface area contributed by atoms with E-state index in [1.165, 1.54) is 11.3 Å². The van der Waals surface area contributed by atoms with E-state index in [0.717, 1.165) is 22.6 Å². The molecule has 0 radical (unpaired) electrons. The lowest BCUT2D eigenvalue weighted by Gasteiger charge is -2.27. The highest BCUT2D eigenvalue weighted by molar-refractivity contribution is 5.90. The van der Waals surface area contributed by atoms with Gasteiger partial charge in [0.1, 0.15) is 6.04 Å². The highest BCUT2D eigenvalue weighted by Gasteiger charge is 2.40. The van der Waals surface area contributed by atoms with Crippen molar-refractivity contribution in [1.82, 2.24) is 15.2 Å². The van der Waals surface area contributed by atoms with E-state index < -0.39 is 18.2 Å². The number of amides is 2. The minimum Gasteiger partial charge on any atom is -0.443 e.